The van der Waals surface area contributed by atoms with E-state index in [2.05, 4.69) is 0 Å². The number of nitrogens with zero attached hydrogens (tertiary/aromatic N) is 1. The number of carboxylic acid groups (broad SMARTS) is 1. The van der Waals surface area contributed by atoms with Crippen LogP contribution < -0.4 is 0 Å². The van der Waals surface area contributed by atoms with Crippen LogP contribution in [0.1, 0.15) is 47.5 Å². The number of carbonyl (C=O) groups is 2. The molecule has 0 aromatic heterocycles. The monoisotopic (exact) mass is 405 g/mol. The van der Waals surface area contributed by atoms with Gasteiger partial charge < -0.3 is 19.2 Å². The van der Waals surface area contributed by atoms with Gasteiger partial charge in [0.15, 0.2) is 0 Å². The van der Waals surface area contributed by atoms with Crippen LogP contribution >= 0.6 is 0 Å². The second kappa shape index (κ2) is 7.78. The normalized spacial score (nSPS) is 31.5. The van der Waals surface area contributed by atoms with E-state index in [-0.39, 0.29) is 6.42 Å². The summed E-state index contributed by atoms with van der Waals surface area (Å²) in [6.07, 6.45) is -3.04. The molecule has 3 atom stereocenters. The van der Waals surface area contributed by atoms with Crippen LogP contribution in [0.4, 0.5) is 13.6 Å². The number of carbonyl (C=O) groups excluding carboxylic acids is 1. The standard InChI is InChI=1S/C18H30BF2NO6/c1-16(2)17(3,4)28-19(27-16)9-7-8-18(5)11(13(20)21)10-22(15(24)25)12(18)14(23)26-6/h11-13H,7-10H2,1-6H3,(H,24,25). The average Bonchev–Trinajstić information content (AvgIpc) is 2.97. The Morgan fingerprint density at radius 1 is 1.21 bits per heavy atom. The van der Waals surface area contributed by atoms with Crippen LogP contribution in [0.5, 0.6) is 0 Å². The molecule has 0 aromatic carbocycles. The molecule has 28 heavy (non-hydrogen) atoms. The number of amides is 1. The number of esters is 1. The fourth-order valence-corrected chi connectivity index (χ4v) is 4.20. The van der Waals surface area contributed by atoms with E-state index in [1.165, 1.54) is 0 Å². The zero-order valence-electron chi connectivity index (χ0n) is 17.3. The van der Waals surface area contributed by atoms with Crippen molar-refractivity contribution in [1.29, 1.82) is 0 Å². The summed E-state index contributed by atoms with van der Waals surface area (Å²) in [6.45, 7) is 8.84. The first-order valence-electron chi connectivity index (χ1n) is 9.48. The Bertz CT molecular complexity index is 601. The quantitative estimate of drug-likeness (QED) is 0.539. The van der Waals surface area contributed by atoms with Gasteiger partial charge in [-0.2, -0.15) is 0 Å². The Labute approximate surface area is 164 Å². The van der Waals surface area contributed by atoms with E-state index in [1.54, 1.807) is 6.92 Å². The Morgan fingerprint density at radius 3 is 2.18 bits per heavy atom. The maximum absolute atomic E-state index is 13.7. The van der Waals surface area contributed by atoms with Crippen molar-refractivity contribution < 1.29 is 37.5 Å². The van der Waals surface area contributed by atoms with Crippen LogP contribution in [0.15, 0.2) is 0 Å². The van der Waals surface area contributed by atoms with Crippen molar-refractivity contribution in [3.8, 4) is 0 Å². The van der Waals surface area contributed by atoms with Crippen LogP contribution in [0.2, 0.25) is 6.32 Å². The molecule has 10 heteroatoms. The molecule has 1 amide bonds. The van der Waals surface area contributed by atoms with Crippen molar-refractivity contribution >= 4 is 19.2 Å². The molecule has 3 unspecified atom stereocenters. The van der Waals surface area contributed by atoms with Crippen LogP contribution in [0, 0.1) is 11.3 Å². The number of methoxy groups -OCH3 is 1. The third kappa shape index (κ3) is 3.98. The van der Waals surface area contributed by atoms with Crippen LogP contribution in [0.25, 0.3) is 0 Å². The van der Waals surface area contributed by atoms with Crippen molar-refractivity contribution in [3.05, 3.63) is 0 Å². The minimum atomic E-state index is -2.75. The Balaban J connectivity index is 2.15. The van der Waals surface area contributed by atoms with Gasteiger partial charge in [0.1, 0.15) is 6.04 Å². The molecule has 2 aliphatic heterocycles. The lowest BCUT2D eigenvalue weighted by atomic mass is 9.69. The highest BCUT2D eigenvalue weighted by Crippen LogP contribution is 2.49. The number of alkyl halides is 2. The summed E-state index contributed by atoms with van der Waals surface area (Å²) in [5.41, 5.74) is -2.23. The topological polar surface area (TPSA) is 85.3 Å². The molecule has 0 bridgehead atoms. The first-order valence-corrected chi connectivity index (χ1v) is 9.48. The van der Waals surface area contributed by atoms with Gasteiger partial charge in [0.05, 0.1) is 18.3 Å². The van der Waals surface area contributed by atoms with Crippen molar-refractivity contribution in [1.82, 2.24) is 4.90 Å². The number of hydrogen-bond acceptors (Lipinski definition) is 5. The SMILES string of the molecule is COC(=O)C1N(C(=O)O)CC(C(F)F)C1(C)CCCB1OC(C)(C)C(C)(C)O1. The maximum atomic E-state index is 13.7. The van der Waals surface area contributed by atoms with E-state index in [0.717, 1.165) is 12.0 Å². The van der Waals surface area contributed by atoms with Gasteiger partial charge in [0, 0.05) is 17.9 Å². The molecule has 0 aromatic rings. The van der Waals surface area contributed by atoms with Gasteiger partial charge in [-0.3, -0.25) is 4.90 Å². The van der Waals surface area contributed by atoms with Crippen molar-refractivity contribution in [2.75, 3.05) is 13.7 Å². The average molecular weight is 405 g/mol. The summed E-state index contributed by atoms with van der Waals surface area (Å²) in [5, 5.41) is 9.41. The fourth-order valence-electron chi connectivity index (χ4n) is 4.20. The fraction of sp³-hybridized carbons (Fsp3) is 0.889. The van der Waals surface area contributed by atoms with E-state index in [9.17, 15) is 23.5 Å². The van der Waals surface area contributed by atoms with E-state index < -0.39 is 60.7 Å². The summed E-state index contributed by atoms with van der Waals surface area (Å²) in [7, 11) is 0.648. The highest BCUT2D eigenvalue weighted by molar-refractivity contribution is 6.45. The lowest BCUT2D eigenvalue weighted by molar-refractivity contribution is -0.149. The molecule has 2 saturated heterocycles. The van der Waals surface area contributed by atoms with Gasteiger partial charge in [-0.25, -0.2) is 18.4 Å². The number of hydrogen-bond donors (Lipinski definition) is 1. The summed E-state index contributed by atoms with van der Waals surface area (Å²) >= 11 is 0. The Morgan fingerprint density at radius 2 is 1.75 bits per heavy atom. The van der Waals surface area contributed by atoms with Crippen molar-refractivity contribution in [2.24, 2.45) is 11.3 Å². The second-order valence-corrected chi connectivity index (χ2v) is 8.89. The molecule has 0 radical (unpaired) electrons. The van der Waals surface area contributed by atoms with E-state index in [0.29, 0.717) is 12.7 Å². The highest BCUT2D eigenvalue weighted by atomic mass is 19.3. The smallest absolute Gasteiger partial charge is 0.457 e. The number of ether oxygens (including phenoxy) is 1. The van der Waals surface area contributed by atoms with Gasteiger partial charge in [-0.1, -0.05) is 13.3 Å². The van der Waals surface area contributed by atoms with Gasteiger partial charge in [-0.15, -0.1) is 0 Å². The number of halogens is 2. The maximum Gasteiger partial charge on any atom is 0.457 e. The van der Waals surface area contributed by atoms with Gasteiger partial charge in [0.2, 0.25) is 6.43 Å². The number of rotatable bonds is 6. The van der Waals surface area contributed by atoms with Crippen LogP contribution in [-0.4, -0.2) is 66.5 Å². The van der Waals surface area contributed by atoms with Crippen molar-refractivity contribution in [3.63, 3.8) is 0 Å². The molecule has 2 heterocycles. The summed E-state index contributed by atoms with van der Waals surface area (Å²) < 4.78 is 44.0. The molecular weight excluding hydrogens is 375 g/mol. The van der Waals surface area contributed by atoms with E-state index >= 15 is 0 Å². The molecule has 2 aliphatic rings. The van der Waals surface area contributed by atoms with Gasteiger partial charge in [0.25, 0.3) is 0 Å². The lowest BCUT2D eigenvalue weighted by Crippen LogP contribution is -2.48. The largest absolute Gasteiger partial charge is 0.467 e. The van der Waals surface area contributed by atoms with Crippen LogP contribution in [-0.2, 0) is 18.8 Å². The summed E-state index contributed by atoms with van der Waals surface area (Å²) in [6, 6.07) is -1.27. The first-order chi connectivity index (χ1) is 12.8. The van der Waals surface area contributed by atoms with E-state index in [4.69, 9.17) is 14.0 Å². The molecule has 0 aliphatic carbocycles. The molecule has 2 rings (SSSR count). The molecule has 0 saturated carbocycles. The predicted molar refractivity (Wildman–Crippen MR) is 98.3 cm³/mol. The molecule has 2 fully saturated rings. The summed E-state index contributed by atoms with van der Waals surface area (Å²) in [5.74, 6) is -2.07. The van der Waals surface area contributed by atoms with Crippen molar-refractivity contribution in [2.45, 2.75) is 77.4 Å². The molecule has 160 valence electrons. The molecule has 1 N–H and O–H groups in total. The first kappa shape index (κ1) is 22.9. The second-order valence-electron chi connectivity index (χ2n) is 8.89. The molecule has 0 spiro atoms. The third-order valence-corrected chi connectivity index (χ3v) is 6.61. The zero-order chi connectivity index (χ0) is 21.5. The zero-order valence-corrected chi connectivity index (χ0v) is 17.3. The lowest BCUT2D eigenvalue weighted by Gasteiger charge is -2.35. The number of likely N-dealkylation sites (tertiary alicyclic amines) is 1. The minimum Gasteiger partial charge on any atom is -0.467 e. The highest BCUT2D eigenvalue weighted by Gasteiger charge is 2.59. The van der Waals surface area contributed by atoms with Gasteiger partial charge >= 0.3 is 19.2 Å². The minimum absolute atomic E-state index is 0.218. The Kier molecular flexibility index (Phi) is 6.35. The van der Waals surface area contributed by atoms with E-state index in [1.807, 2.05) is 27.7 Å². The Hall–Kier alpha value is -1.42. The summed E-state index contributed by atoms with van der Waals surface area (Å²) in [4.78, 5) is 24.6. The van der Waals surface area contributed by atoms with Crippen LogP contribution in [0.3, 0.4) is 0 Å². The molecular formula is C18H30BF2NO6. The van der Waals surface area contributed by atoms with Gasteiger partial charge in [-0.05, 0) is 40.4 Å². The third-order valence-electron chi connectivity index (χ3n) is 6.61. The predicted octanol–water partition coefficient (Wildman–Crippen LogP) is 3.28. The molecule has 7 nitrogen and oxygen atoms in total.